The van der Waals surface area contributed by atoms with Gasteiger partial charge in [-0.2, -0.15) is 39.5 Å². The largest absolute Gasteiger partial charge is 0.462 e. The van der Waals surface area contributed by atoms with Gasteiger partial charge < -0.3 is 10.1 Å². The van der Waals surface area contributed by atoms with Gasteiger partial charge in [0.05, 0.1) is 12.2 Å². The molecule has 0 atom stereocenters. The number of carbonyl (C=O) groups is 2. The molecule has 0 radical (unpaired) electrons. The van der Waals surface area contributed by atoms with Crippen molar-refractivity contribution in [1.82, 2.24) is 0 Å². The van der Waals surface area contributed by atoms with E-state index in [0.717, 1.165) is 6.42 Å². The van der Waals surface area contributed by atoms with Crippen LogP contribution in [-0.2, 0) is 22.4 Å². The quantitative estimate of drug-likeness (QED) is 0.324. The van der Waals surface area contributed by atoms with E-state index in [9.17, 15) is 49.1 Å². The zero-order chi connectivity index (χ0) is 23.8. The molecule has 2 rings (SSSR count). The van der Waals surface area contributed by atoms with Crippen molar-refractivity contribution in [3.63, 3.8) is 0 Å². The summed E-state index contributed by atoms with van der Waals surface area (Å²) in [7, 11) is 0. The predicted molar refractivity (Wildman–Crippen MR) is 91.1 cm³/mol. The summed E-state index contributed by atoms with van der Waals surface area (Å²) in [5.74, 6) is -24.9. The lowest BCUT2D eigenvalue weighted by atomic mass is 10.0. The Morgan fingerprint density at radius 2 is 1.52 bits per heavy atom. The summed E-state index contributed by atoms with van der Waals surface area (Å²) in [6.07, 6.45) is -4.43. The zero-order valence-corrected chi connectivity index (χ0v) is 16.6. The molecule has 1 amide bonds. The maximum Gasteiger partial charge on any atom is 0.460 e. The van der Waals surface area contributed by atoms with Crippen LogP contribution in [0.5, 0.6) is 0 Å². The Hall–Kier alpha value is -1.99. The van der Waals surface area contributed by atoms with Crippen molar-refractivity contribution in [3.8, 4) is 0 Å². The highest BCUT2D eigenvalue weighted by atomic mass is 32.1. The van der Waals surface area contributed by atoms with Crippen LogP contribution >= 0.6 is 11.3 Å². The summed E-state index contributed by atoms with van der Waals surface area (Å²) in [5, 5.41) is 0.566. The first-order chi connectivity index (χ1) is 14.1. The minimum Gasteiger partial charge on any atom is -0.462 e. The zero-order valence-electron chi connectivity index (χ0n) is 15.8. The standard InChI is InChI=1S/C17H16F9NO3S/c1-2-30-12(28)10-8-6-4-3-5-7-9(8)31-11(10)27-13(29)14(18,19)15(20,21)16(22,23)17(24,25)26/h2-7H2,1H3,(H,27,29). The van der Waals surface area contributed by atoms with Crippen LogP contribution in [0.1, 0.15) is 47.0 Å². The van der Waals surface area contributed by atoms with E-state index in [2.05, 4.69) is 0 Å². The third-order valence-corrected chi connectivity index (χ3v) is 5.77. The summed E-state index contributed by atoms with van der Waals surface area (Å²) < 4.78 is 122. The van der Waals surface area contributed by atoms with Gasteiger partial charge in [0.25, 0.3) is 0 Å². The van der Waals surface area contributed by atoms with Crippen molar-refractivity contribution < 1.29 is 53.8 Å². The van der Waals surface area contributed by atoms with Gasteiger partial charge in [-0.1, -0.05) is 6.42 Å². The molecule has 0 saturated carbocycles. The number of halogens is 9. The number of hydrogen-bond donors (Lipinski definition) is 1. The van der Waals surface area contributed by atoms with E-state index in [1.54, 1.807) is 0 Å². The van der Waals surface area contributed by atoms with Gasteiger partial charge in [0.2, 0.25) is 0 Å². The van der Waals surface area contributed by atoms with Crippen molar-refractivity contribution >= 4 is 28.2 Å². The molecule has 0 fully saturated rings. The van der Waals surface area contributed by atoms with Gasteiger partial charge >= 0.3 is 35.8 Å². The molecule has 0 aliphatic heterocycles. The molecule has 14 heteroatoms. The lowest BCUT2D eigenvalue weighted by Crippen LogP contribution is -2.64. The first-order valence-corrected chi connectivity index (χ1v) is 9.74. The first kappa shape index (κ1) is 25.3. The molecular weight excluding hydrogens is 469 g/mol. The number of fused-ring (bicyclic) bond motifs is 1. The fraction of sp³-hybridized carbons (Fsp3) is 0.647. The molecule has 1 aromatic rings. The second-order valence-corrected chi connectivity index (χ2v) is 7.77. The van der Waals surface area contributed by atoms with Crippen molar-refractivity contribution in [2.45, 2.75) is 63.0 Å². The molecule has 0 saturated heterocycles. The van der Waals surface area contributed by atoms with E-state index in [1.165, 1.54) is 12.2 Å². The fourth-order valence-corrected chi connectivity index (χ4v) is 4.22. The van der Waals surface area contributed by atoms with Gasteiger partial charge in [-0.3, -0.25) is 4.79 Å². The molecule has 0 spiro atoms. The molecular formula is C17H16F9NO3S. The van der Waals surface area contributed by atoms with Gasteiger partial charge in [-0.25, -0.2) is 4.79 Å². The van der Waals surface area contributed by atoms with Crippen LogP contribution in [0.15, 0.2) is 0 Å². The summed E-state index contributed by atoms with van der Waals surface area (Å²) in [6, 6.07) is 0. The molecule has 1 aliphatic rings. The minimum atomic E-state index is -7.20. The number of esters is 1. The number of hydrogen-bond acceptors (Lipinski definition) is 4. The van der Waals surface area contributed by atoms with Crippen LogP contribution in [0.4, 0.5) is 44.5 Å². The molecule has 0 bridgehead atoms. The average Bonchev–Trinajstić information content (AvgIpc) is 2.81. The Balaban J connectivity index is 2.46. The number of amides is 1. The lowest BCUT2D eigenvalue weighted by molar-refractivity contribution is -0.388. The van der Waals surface area contributed by atoms with E-state index in [0.29, 0.717) is 41.0 Å². The number of carbonyl (C=O) groups excluding carboxylic acids is 2. The van der Waals surface area contributed by atoms with E-state index < -0.39 is 46.4 Å². The topological polar surface area (TPSA) is 55.4 Å². The Morgan fingerprint density at radius 3 is 2.06 bits per heavy atom. The summed E-state index contributed by atoms with van der Waals surface area (Å²) >= 11 is 0.577. The van der Waals surface area contributed by atoms with Crippen molar-refractivity contribution in [3.05, 3.63) is 16.0 Å². The van der Waals surface area contributed by atoms with Crippen LogP contribution in [-0.4, -0.2) is 42.4 Å². The molecule has 0 aromatic carbocycles. The molecule has 1 heterocycles. The third-order valence-electron chi connectivity index (χ3n) is 4.56. The Morgan fingerprint density at radius 1 is 0.935 bits per heavy atom. The van der Waals surface area contributed by atoms with Crippen LogP contribution in [0, 0.1) is 0 Å². The maximum absolute atomic E-state index is 13.9. The highest BCUT2D eigenvalue weighted by Crippen LogP contribution is 2.53. The summed E-state index contributed by atoms with van der Waals surface area (Å²) in [6.45, 7) is 1.25. The first-order valence-electron chi connectivity index (χ1n) is 8.92. The molecule has 176 valence electrons. The van der Waals surface area contributed by atoms with Crippen molar-refractivity contribution in [2.24, 2.45) is 0 Å². The number of nitrogens with one attached hydrogen (secondary N) is 1. The van der Waals surface area contributed by atoms with Gasteiger partial charge in [0, 0.05) is 4.88 Å². The minimum absolute atomic E-state index is 0.164. The molecule has 0 unspecified atom stereocenters. The second kappa shape index (κ2) is 8.51. The van der Waals surface area contributed by atoms with Gasteiger partial charge in [-0.15, -0.1) is 11.3 Å². The predicted octanol–water partition coefficient (Wildman–Crippen LogP) is 5.60. The Kier molecular flexibility index (Phi) is 6.94. The second-order valence-electron chi connectivity index (χ2n) is 6.66. The SMILES string of the molecule is CCOC(=O)c1c(NC(=O)C(F)(F)C(F)(F)C(F)(F)C(F)(F)F)sc2c1CCCCC2. The Bertz CT molecular complexity index is 849. The van der Waals surface area contributed by atoms with Crippen LogP contribution in [0.25, 0.3) is 0 Å². The number of aryl methyl sites for hydroxylation is 1. The maximum atomic E-state index is 13.9. The highest BCUT2D eigenvalue weighted by Gasteiger charge is 2.83. The van der Waals surface area contributed by atoms with Crippen molar-refractivity contribution in [2.75, 3.05) is 11.9 Å². The van der Waals surface area contributed by atoms with Crippen molar-refractivity contribution in [1.29, 1.82) is 0 Å². The molecule has 1 aliphatic carbocycles. The number of anilines is 1. The van der Waals surface area contributed by atoms with Gasteiger partial charge in [0.15, 0.2) is 0 Å². The van der Waals surface area contributed by atoms with Gasteiger partial charge in [0.1, 0.15) is 5.00 Å². The van der Waals surface area contributed by atoms with Crippen LogP contribution < -0.4 is 5.32 Å². The molecule has 1 N–H and O–H groups in total. The van der Waals surface area contributed by atoms with Crippen LogP contribution in [0.2, 0.25) is 0 Å². The number of rotatable bonds is 6. The number of alkyl halides is 9. The molecule has 4 nitrogen and oxygen atoms in total. The average molecular weight is 485 g/mol. The normalized spacial score (nSPS) is 15.8. The summed E-state index contributed by atoms with van der Waals surface area (Å²) in [4.78, 5) is 24.5. The van der Waals surface area contributed by atoms with Crippen LogP contribution in [0.3, 0.4) is 0 Å². The summed E-state index contributed by atoms with van der Waals surface area (Å²) in [5.41, 5.74) is -0.0780. The third kappa shape index (κ3) is 4.35. The fourth-order valence-electron chi connectivity index (χ4n) is 2.95. The smallest absolute Gasteiger partial charge is 0.460 e. The lowest BCUT2D eigenvalue weighted by Gasteiger charge is -2.32. The Labute approximate surface area is 173 Å². The van der Waals surface area contributed by atoms with E-state index in [1.807, 2.05) is 0 Å². The van der Waals surface area contributed by atoms with E-state index in [-0.39, 0.29) is 13.0 Å². The van der Waals surface area contributed by atoms with E-state index in [4.69, 9.17) is 4.74 Å². The molecule has 1 aromatic heterocycles. The van der Waals surface area contributed by atoms with E-state index >= 15 is 0 Å². The monoisotopic (exact) mass is 485 g/mol. The molecule has 31 heavy (non-hydrogen) atoms. The highest BCUT2D eigenvalue weighted by molar-refractivity contribution is 7.17. The van der Waals surface area contributed by atoms with Gasteiger partial charge in [-0.05, 0) is 38.2 Å². The number of thiophene rings is 1. The number of ether oxygens (including phenoxy) is 1.